The summed E-state index contributed by atoms with van der Waals surface area (Å²) in [4.78, 5) is 13.3. The van der Waals surface area contributed by atoms with Crippen LogP contribution in [0.5, 0.6) is 0 Å². The lowest BCUT2D eigenvalue weighted by atomic mass is 9.85. The summed E-state index contributed by atoms with van der Waals surface area (Å²) in [5, 5.41) is 16.9. The molecule has 0 fully saturated rings. The van der Waals surface area contributed by atoms with Gasteiger partial charge in [0.1, 0.15) is 0 Å². The Hall–Kier alpha value is -4.48. The average molecular weight is 474 g/mol. The maximum Gasteiger partial charge on any atom is 0.281 e. The SMILES string of the molecule is Cc1cccc(Cn2cc(/C=N\NC(=O)C(O)(c3ccccc3)c3ccccc3)c3ccccc32)c1. The van der Waals surface area contributed by atoms with Crippen molar-refractivity contribution in [2.24, 2.45) is 5.10 Å². The van der Waals surface area contributed by atoms with Gasteiger partial charge < -0.3 is 9.67 Å². The first kappa shape index (κ1) is 23.3. The molecule has 2 N–H and O–H groups in total. The Morgan fingerprint density at radius 2 is 1.53 bits per heavy atom. The van der Waals surface area contributed by atoms with Crippen molar-refractivity contribution in [2.45, 2.75) is 19.1 Å². The van der Waals surface area contributed by atoms with Gasteiger partial charge in [-0.15, -0.1) is 0 Å². The Labute approximate surface area is 210 Å². The van der Waals surface area contributed by atoms with E-state index in [0.717, 1.165) is 23.0 Å². The molecular weight excluding hydrogens is 446 g/mol. The van der Waals surface area contributed by atoms with Crippen LogP contribution < -0.4 is 5.43 Å². The van der Waals surface area contributed by atoms with Gasteiger partial charge in [-0.2, -0.15) is 5.10 Å². The van der Waals surface area contributed by atoms with Gasteiger partial charge in [-0.05, 0) is 29.7 Å². The van der Waals surface area contributed by atoms with Crippen molar-refractivity contribution in [3.8, 4) is 0 Å². The molecule has 5 rings (SSSR count). The van der Waals surface area contributed by atoms with Crippen molar-refractivity contribution < 1.29 is 9.90 Å². The fraction of sp³-hybridized carbons (Fsp3) is 0.0968. The Bertz CT molecular complexity index is 1480. The van der Waals surface area contributed by atoms with E-state index in [4.69, 9.17) is 0 Å². The number of rotatable bonds is 7. The fourth-order valence-electron chi connectivity index (χ4n) is 4.54. The standard InChI is InChI=1S/C31H27N3O2/c1-23-11-10-12-24(19-23)21-34-22-25(28-17-8-9-18-29(28)34)20-32-33-30(35)31(36,26-13-4-2-5-14-26)27-15-6-3-7-16-27/h2-20,22,36H,21H2,1H3,(H,33,35)/b32-20-. The molecule has 0 saturated carbocycles. The number of aryl methyl sites for hydroxylation is 1. The normalized spacial score (nSPS) is 11.7. The van der Waals surface area contributed by atoms with Gasteiger partial charge >= 0.3 is 0 Å². The third-order valence-electron chi connectivity index (χ3n) is 6.34. The van der Waals surface area contributed by atoms with Crippen molar-refractivity contribution in [3.05, 3.63) is 143 Å². The Morgan fingerprint density at radius 3 is 2.19 bits per heavy atom. The Morgan fingerprint density at radius 1 is 0.889 bits per heavy atom. The molecule has 0 aliphatic rings. The molecular formula is C31H27N3O2. The third kappa shape index (κ3) is 4.57. The van der Waals surface area contributed by atoms with Gasteiger partial charge in [0.25, 0.3) is 5.91 Å². The summed E-state index contributed by atoms with van der Waals surface area (Å²) in [5.41, 5.74) is 6.03. The molecule has 1 heterocycles. The van der Waals surface area contributed by atoms with Gasteiger partial charge in [-0.1, -0.05) is 109 Å². The maximum atomic E-state index is 13.3. The van der Waals surface area contributed by atoms with E-state index in [1.165, 1.54) is 11.1 Å². The summed E-state index contributed by atoms with van der Waals surface area (Å²) in [7, 11) is 0. The molecule has 0 radical (unpaired) electrons. The van der Waals surface area contributed by atoms with Gasteiger partial charge in [0, 0.05) is 29.2 Å². The number of nitrogens with one attached hydrogen (secondary N) is 1. The van der Waals surface area contributed by atoms with Crippen LogP contribution in [0, 0.1) is 6.92 Å². The van der Waals surface area contributed by atoms with Crippen molar-refractivity contribution in [3.63, 3.8) is 0 Å². The number of amides is 1. The number of aliphatic hydroxyl groups is 1. The van der Waals surface area contributed by atoms with E-state index in [-0.39, 0.29) is 0 Å². The van der Waals surface area contributed by atoms with E-state index in [2.05, 4.69) is 52.3 Å². The van der Waals surface area contributed by atoms with Gasteiger partial charge in [0.2, 0.25) is 0 Å². The molecule has 0 saturated heterocycles. The van der Waals surface area contributed by atoms with Gasteiger partial charge in [0.05, 0.1) is 6.21 Å². The quantitative estimate of drug-likeness (QED) is 0.246. The Balaban J connectivity index is 1.43. The largest absolute Gasteiger partial charge is 0.372 e. The first-order valence-electron chi connectivity index (χ1n) is 11.9. The van der Waals surface area contributed by atoms with Crippen LogP contribution in [0.2, 0.25) is 0 Å². The molecule has 36 heavy (non-hydrogen) atoms. The van der Waals surface area contributed by atoms with Crippen molar-refractivity contribution in [2.75, 3.05) is 0 Å². The summed E-state index contributed by atoms with van der Waals surface area (Å²) in [6.07, 6.45) is 3.66. The number of aromatic nitrogens is 1. The van der Waals surface area contributed by atoms with Crippen LogP contribution in [0.1, 0.15) is 27.8 Å². The second-order valence-corrected chi connectivity index (χ2v) is 8.86. The summed E-state index contributed by atoms with van der Waals surface area (Å²) in [6, 6.07) is 34.3. The van der Waals surface area contributed by atoms with Gasteiger partial charge in [-0.25, -0.2) is 5.43 Å². The van der Waals surface area contributed by atoms with E-state index in [1.807, 2.05) is 36.5 Å². The van der Waals surface area contributed by atoms with E-state index in [0.29, 0.717) is 11.1 Å². The first-order valence-corrected chi connectivity index (χ1v) is 11.9. The van der Waals surface area contributed by atoms with Gasteiger partial charge in [-0.3, -0.25) is 4.79 Å². The topological polar surface area (TPSA) is 66.6 Å². The smallest absolute Gasteiger partial charge is 0.281 e. The van der Waals surface area contributed by atoms with E-state index < -0.39 is 11.5 Å². The number of hydrogen-bond donors (Lipinski definition) is 2. The molecule has 0 spiro atoms. The molecule has 4 aromatic carbocycles. The molecule has 0 atom stereocenters. The minimum atomic E-state index is -1.88. The minimum Gasteiger partial charge on any atom is -0.372 e. The highest BCUT2D eigenvalue weighted by Gasteiger charge is 2.39. The lowest BCUT2D eigenvalue weighted by molar-refractivity contribution is -0.136. The number of fused-ring (bicyclic) bond motifs is 1. The molecule has 1 aromatic heterocycles. The van der Waals surface area contributed by atoms with Crippen molar-refractivity contribution >= 4 is 23.0 Å². The second kappa shape index (κ2) is 10.0. The summed E-state index contributed by atoms with van der Waals surface area (Å²) < 4.78 is 2.18. The van der Waals surface area contributed by atoms with Crippen LogP contribution >= 0.6 is 0 Å². The van der Waals surface area contributed by atoms with E-state index >= 15 is 0 Å². The molecule has 1 amide bonds. The molecule has 0 aliphatic heterocycles. The molecule has 0 aliphatic carbocycles. The van der Waals surface area contributed by atoms with Crippen molar-refractivity contribution in [1.29, 1.82) is 0 Å². The first-order chi connectivity index (χ1) is 17.6. The summed E-state index contributed by atoms with van der Waals surface area (Å²) in [6.45, 7) is 2.81. The highest BCUT2D eigenvalue weighted by molar-refractivity contribution is 6.00. The number of hydrazone groups is 1. The van der Waals surface area contributed by atoms with Crippen LogP contribution in [0.25, 0.3) is 10.9 Å². The monoisotopic (exact) mass is 473 g/mol. The van der Waals surface area contributed by atoms with Gasteiger partial charge in [0.15, 0.2) is 5.60 Å². The molecule has 0 unspecified atom stereocenters. The van der Waals surface area contributed by atoms with E-state index in [1.54, 1.807) is 54.7 Å². The number of carbonyl (C=O) groups is 1. The third-order valence-corrected chi connectivity index (χ3v) is 6.34. The molecule has 5 heteroatoms. The zero-order chi connectivity index (χ0) is 25.0. The summed E-state index contributed by atoms with van der Waals surface area (Å²) in [5.74, 6) is -0.625. The zero-order valence-corrected chi connectivity index (χ0v) is 20.0. The second-order valence-electron chi connectivity index (χ2n) is 8.86. The molecule has 0 bridgehead atoms. The lowest BCUT2D eigenvalue weighted by Crippen LogP contribution is -2.43. The predicted octanol–water partition coefficient (Wildman–Crippen LogP) is 5.38. The minimum absolute atomic E-state index is 0.471. The predicted molar refractivity (Wildman–Crippen MR) is 144 cm³/mol. The number of carbonyl (C=O) groups excluding carboxylic acids is 1. The van der Waals surface area contributed by atoms with Crippen LogP contribution in [0.15, 0.2) is 120 Å². The molecule has 5 aromatic rings. The zero-order valence-electron chi connectivity index (χ0n) is 20.0. The number of hydrogen-bond acceptors (Lipinski definition) is 3. The van der Waals surface area contributed by atoms with Crippen LogP contribution in [-0.4, -0.2) is 21.8 Å². The average Bonchev–Trinajstić information content (AvgIpc) is 3.26. The van der Waals surface area contributed by atoms with Crippen LogP contribution in [0.3, 0.4) is 0 Å². The van der Waals surface area contributed by atoms with Crippen molar-refractivity contribution in [1.82, 2.24) is 9.99 Å². The van der Waals surface area contributed by atoms with Crippen LogP contribution in [0.4, 0.5) is 0 Å². The van der Waals surface area contributed by atoms with E-state index in [9.17, 15) is 9.90 Å². The number of benzene rings is 4. The summed E-state index contributed by atoms with van der Waals surface area (Å²) >= 11 is 0. The lowest BCUT2D eigenvalue weighted by Gasteiger charge is -2.27. The maximum absolute atomic E-state index is 13.3. The Kier molecular flexibility index (Phi) is 6.48. The fourth-order valence-corrected chi connectivity index (χ4v) is 4.54. The number of nitrogens with zero attached hydrogens (tertiary/aromatic N) is 2. The molecule has 5 nitrogen and oxygen atoms in total. The molecule has 178 valence electrons. The highest BCUT2D eigenvalue weighted by atomic mass is 16.3. The van der Waals surface area contributed by atoms with Crippen LogP contribution in [-0.2, 0) is 16.9 Å². The number of para-hydroxylation sites is 1. The highest BCUT2D eigenvalue weighted by Crippen LogP contribution is 2.30.